The summed E-state index contributed by atoms with van der Waals surface area (Å²) < 4.78 is 0. The van der Waals surface area contributed by atoms with Crippen molar-refractivity contribution in [3.63, 3.8) is 0 Å². The maximum Gasteiger partial charge on any atom is 0.335 e. The van der Waals surface area contributed by atoms with Gasteiger partial charge in [-0.05, 0) is 24.3 Å². The van der Waals surface area contributed by atoms with Gasteiger partial charge in [0.2, 0.25) is 0 Å². The van der Waals surface area contributed by atoms with Gasteiger partial charge in [0.15, 0.2) is 0 Å². The molecule has 0 aromatic heterocycles. The summed E-state index contributed by atoms with van der Waals surface area (Å²) in [5, 5.41) is 16.9. The Morgan fingerprint density at radius 1 is 1.25 bits per heavy atom. The van der Waals surface area contributed by atoms with Crippen LogP contribution in [0.3, 0.4) is 0 Å². The number of benzene rings is 1. The molecule has 0 spiro atoms. The fraction of sp³-hybridized carbons (Fsp3) is 0. The van der Waals surface area contributed by atoms with Gasteiger partial charge in [0, 0.05) is 0 Å². The number of hydrogen-bond acceptors (Lipinski definition) is 2. The molecule has 0 bridgehead atoms. The first-order valence-electron chi connectivity index (χ1n) is 3.18. The third-order valence-corrected chi connectivity index (χ3v) is 1.38. The predicted molar refractivity (Wildman–Crippen MR) is 40.4 cm³/mol. The lowest BCUT2D eigenvalue weighted by molar-refractivity contribution is 0.0681. The van der Waals surface area contributed by atoms with Crippen molar-refractivity contribution in [3.05, 3.63) is 35.4 Å². The first kappa shape index (κ1) is 8.26. The number of rotatable bonds is 2. The molecule has 0 radical (unpaired) electrons. The highest BCUT2D eigenvalue weighted by atomic mass is 16.6. The Balaban J connectivity index is 3.01. The van der Waals surface area contributed by atoms with Crippen molar-refractivity contribution in [2.24, 2.45) is 0 Å². The highest BCUT2D eigenvalue weighted by molar-refractivity contribution is 5.91. The maximum absolute atomic E-state index is 10.3. The molecule has 0 atom stereocenters. The van der Waals surface area contributed by atoms with E-state index in [1.165, 1.54) is 24.3 Å². The summed E-state index contributed by atoms with van der Waals surface area (Å²) in [5.41, 5.74) is 0.167. The van der Waals surface area contributed by atoms with E-state index in [0.29, 0.717) is 0 Å². The van der Waals surface area contributed by atoms with Crippen LogP contribution in [-0.4, -0.2) is 22.2 Å². The monoisotopic (exact) mass is 168 g/mol. The fourth-order valence-electron chi connectivity index (χ4n) is 0.755. The van der Waals surface area contributed by atoms with Gasteiger partial charge < -0.3 is 10.2 Å². The number of carbonyl (C=O) groups is 2. The zero-order chi connectivity index (χ0) is 9.14. The molecule has 12 heavy (non-hydrogen) atoms. The van der Waals surface area contributed by atoms with Crippen LogP contribution in [0, 0.1) is 0 Å². The van der Waals surface area contributed by atoms with E-state index < -0.39 is 11.9 Å². The van der Waals surface area contributed by atoms with Crippen LogP contribution in [0.25, 0.3) is 0 Å². The van der Waals surface area contributed by atoms with Gasteiger partial charge in [0.1, 0.15) is 0 Å². The molecule has 0 saturated heterocycles. The normalized spacial score (nSPS) is 9.33. The lowest BCUT2D eigenvalue weighted by atomic mass is 10.2. The second kappa shape index (κ2) is 3.04. The molecule has 0 aliphatic carbocycles. The molecule has 1 aromatic rings. The van der Waals surface area contributed by atoms with Crippen LogP contribution in [0.1, 0.15) is 20.7 Å². The molecule has 0 unspecified atom stereocenters. The lowest BCUT2D eigenvalue weighted by Crippen LogP contribution is -1.99. The zero-order valence-electron chi connectivity index (χ0n) is 6.02. The van der Waals surface area contributed by atoms with Gasteiger partial charge in [-0.1, -0.05) is 0 Å². The number of hydrogen-bond donors (Lipinski definition) is 2. The second-order valence-electron chi connectivity index (χ2n) is 2.19. The van der Waals surface area contributed by atoms with E-state index in [1.807, 2.05) is 0 Å². The quantitative estimate of drug-likeness (QED) is 0.692. The van der Waals surface area contributed by atoms with E-state index in [4.69, 9.17) is 10.2 Å². The summed E-state index contributed by atoms with van der Waals surface area (Å²) >= 11 is 0. The molecule has 0 aliphatic heterocycles. The van der Waals surface area contributed by atoms with Crippen LogP contribution in [0.15, 0.2) is 24.3 Å². The van der Waals surface area contributed by atoms with Gasteiger partial charge in [-0.25, -0.2) is 9.59 Å². The van der Waals surface area contributed by atoms with Crippen LogP contribution >= 0.6 is 0 Å². The first-order valence-corrected chi connectivity index (χ1v) is 3.18. The van der Waals surface area contributed by atoms with E-state index in [2.05, 4.69) is 0 Å². The Bertz CT molecular complexity index is 279. The molecule has 62 valence electrons. The number of carboxylic acids is 2. The molecule has 2 N–H and O–H groups in total. The average molecular weight is 168 g/mol. The first-order chi connectivity index (χ1) is 5.61. The summed E-state index contributed by atoms with van der Waals surface area (Å²) in [6.07, 6.45) is 0. The van der Waals surface area contributed by atoms with Gasteiger partial charge in [0.05, 0.1) is 11.1 Å². The minimum atomic E-state index is -1.06. The molecule has 0 saturated carbocycles. The lowest BCUT2D eigenvalue weighted by Gasteiger charge is -1.94. The Hall–Kier alpha value is -1.84. The summed E-state index contributed by atoms with van der Waals surface area (Å²) in [6.45, 7) is 0. The molecule has 0 fully saturated rings. The Kier molecular flexibility index (Phi) is 2.09. The van der Waals surface area contributed by atoms with Crippen LogP contribution < -0.4 is 0 Å². The molecule has 1 aromatic carbocycles. The number of carboxylic acid groups (broad SMARTS) is 2. The van der Waals surface area contributed by atoms with Gasteiger partial charge in [-0.3, -0.25) is 0 Å². The Labute approximate surface area is 68.1 Å². The van der Waals surface area contributed by atoms with Crippen LogP contribution in [-0.2, 0) is 0 Å². The van der Waals surface area contributed by atoms with E-state index in [0.717, 1.165) is 0 Å². The van der Waals surface area contributed by atoms with E-state index >= 15 is 0 Å². The predicted octanol–water partition coefficient (Wildman–Crippen LogP) is 1.08. The van der Waals surface area contributed by atoms with Crippen LogP contribution in [0.2, 0.25) is 0 Å². The largest absolute Gasteiger partial charge is 0.478 e. The third kappa shape index (κ3) is 1.60. The average Bonchev–Trinajstić information content (AvgIpc) is 2.04. The minimum Gasteiger partial charge on any atom is -0.478 e. The highest BCUT2D eigenvalue weighted by Crippen LogP contribution is 2.03. The molecule has 4 nitrogen and oxygen atoms in total. The standard InChI is InChI=1S/C8H6O4/c9-7(10)5-1-2-6(4-3-5)8(11)12/h1-4H,(H,9,10)(H,11,12)/i7+2. The molecule has 0 aliphatic rings. The summed E-state index contributed by atoms with van der Waals surface area (Å²) in [5.74, 6) is -2.13. The van der Waals surface area contributed by atoms with Crippen molar-refractivity contribution in [2.75, 3.05) is 0 Å². The summed E-state index contributed by atoms with van der Waals surface area (Å²) in [7, 11) is 0. The van der Waals surface area contributed by atoms with Crippen molar-refractivity contribution < 1.29 is 19.8 Å². The Morgan fingerprint density at radius 2 is 1.75 bits per heavy atom. The van der Waals surface area contributed by atoms with Gasteiger partial charge in [-0.2, -0.15) is 0 Å². The van der Waals surface area contributed by atoms with Gasteiger partial charge in [0.25, 0.3) is 0 Å². The molecule has 0 heterocycles. The van der Waals surface area contributed by atoms with Crippen molar-refractivity contribution in [1.29, 1.82) is 0 Å². The highest BCUT2D eigenvalue weighted by Gasteiger charge is 2.04. The van der Waals surface area contributed by atoms with Crippen LogP contribution in [0.4, 0.5) is 0 Å². The van der Waals surface area contributed by atoms with Crippen molar-refractivity contribution in [3.8, 4) is 0 Å². The summed E-state index contributed by atoms with van der Waals surface area (Å²) in [6, 6.07) is 5.02. The van der Waals surface area contributed by atoms with Crippen LogP contribution in [0.5, 0.6) is 0 Å². The molecular formula is C8H6O4. The zero-order valence-corrected chi connectivity index (χ0v) is 6.02. The molecular weight excluding hydrogens is 162 g/mol. The Morgan fingerprint density at radius 3 is 2.08 bits per heavy atom. The number of aromatic carboxylic acids is 2. The van der Waals surface area contributed by atoms with E-state index in [1.54, 1.807) is 0 Å². The fourth-order valence-corrected chi connectivity index (χ4v) is 0.755. The van der Waals surface area contributed by atoms with E-state index in [9.17, 15) is 9.59 Å². The maximum atomic E-state index is 10.3. The van der Waals surface area contributed by atoms with Gasteiger partial charge in [-0.15, -0.1) is 0 Å². The SMILES string of the molecule is O=C(O)c1ccc([14C](=O)O)cc1. The van der Waals surface area contributed by atoms with Crippen molar-refractivity contribution >= 4 is 11.9 Å². The van der Waals surface area contributed by atoms with Crippen molar-refractivity contribution in [1.82, 2.24) is 0 Å². The van der Waals surface area contributed by atoms with Crippen molar-refractivity contribution in [2.45, 2.75) is 0 Å². The minimum absolute atomic E-state index is 0.0833. The molecule has 4 heteroatoms. The van der Waals surface area contributed by atoms with Gasteiger partial charge >= 0.3 is 11.9 Å². The van der Waals surface area contributed by atoms with E-state index in [-0.39, 0.29) is 11.1 Å². The molecule has 1 rings (SSSR count). The molecule has 0 amide bonds. The third-order valence-electron chi connectivity index (χ3n) is 1.38. The summed E-state index contributed by atoms with van der Waals surface area (Å²) in [4.78, 5) is 20.7. The smallest absolute Gasteiger partial charge is 0.335 e. The second-order valence-corrected chi connectivity index (χ2v) is 2.19. The topological polar surface area (TPSA) is 74.6 Å².